The molecule has 4 nitrogen and oxygen atoms in total. The number of carboxylic acids is 1. The Morgan fingerprint density at radius 2 is 2.15 bits per heavy atom. The first kappa shape index (κ1) is 15.0. The van der Waals surface area contributed by atoms with Crippen LogP contribution >= 0.6 is 22.7 Å². The monoisotopic (exact) mass is 311 g/mol. The Hall–Kier alpha value is -1.40. The minimum Gasteiger partial charge on any atom is -0.485 e. The lowest BCUT2D eigenvalue weighted by atomic mass is 9.95. The summed E-state index contributed by atoms with van der Waals surface area (Å²) >= 11 is 2.83. The van der Waals surface area contributed by atoms with Gasteiger partial charge in [0.1, 0.15) is 12.4 Å². The van der Waals surface area contributed by atoms with E-state index in [-0.39, 0.29) is 10.3 Å². The Morgan fingerprint density at radius 3 is 2.65 bits per heavy atom. The van der Waals surface area contributed by atoms with Crippen LogP contribution in [0.25, 0.3) is 0 Å². The van der Waals surface area contributed by atoms with Crippen LogP contribution in [0.15, 0.2) is 11.4 Å². The van der Waals surface area contributed by atoms with Crippen LogP contribution in [0.3, 0.4) is 0 Å². The Kier molecular flexibility index (Phi) is 4.15. The SMILES string of the molecule is Cc1nc(COc2cc(C(C)(C)C)sc2C(=O)O)cs1. The van der Waals surface area contributed by atoms with Crippen LogP contribution in [0, 0.1) is 6.92 Å². The third-order valence-corrected chi connectivity index (χ3v) is 5.03. The smallest absolute Gasteiger partial charge is 0.349 e. The van der Waals surface area contributed by atoms with Gasteiger partial charge in [0.15, 0.2) is 4.88 Å². The van der Waals surface area contributed by atoms with E-state index in [0.717, 1.165) is 15.6 Å². The predicted molar refractivity (Wildman–Crippen MR) is 81.2 cm³/mol. The van der Waals surface area contributed by atoms with Gasteiger partial charge in [-0.2, -0.15) is 0 Å². The number of aryl methyl sites for hydroxylation is 1. The largest absolute Gasteiger partial charge is 0.485 e. The molecule has 6 heteroatoms. The molecule has 0 spiro atoms. The molecular weight excluding hydrogens is 294 g/mol. The van der Waals surface area contributed by atoms with Crippen molar-refractivity contribution in [1.82, 2.24) is 4.98 Å². The molecule has 2 aromatic heterocycles. The molecule has 2 aromatic rings. The molecule has 0 aliphatic heterocycles. The van der Waals surface area contributed by atoms with Crippen molar-refractivity contribution in [3.05, 3.63) is 31.9 Å². The first-order chi connectivity index (χ1) is 9.27. The number of hydrogen-bond acceptors (Lipinski definition) is 5. The zero-order valence-corrected chi connectivity index (χ0v) is 13.5. The van der Waals surface area contributed by atoms with Crippen LogP contribution in [0.5, 0.6) is 5.75 Å². The lowest BCUT2D eigenvalue weighted by Crippen LogP contribution is -2.08. The fourth-order valence-corrected chi connectivity index (χ4v) is 3.22. The molecule has 0 atom stereocenters. The van der Waals surface area contributed by atoms with Gasteiger partial charge in [-0.1, -0.05) is 20.8 Å². The maximum atomic E-state index is 11.3. The normalized spacial score (nSPS) is 11.6. The van der Waals surface area contributed by atoms with E-state index < -0.39 is 5.97 Å². The molecule has 0 aliphatic rings. The maximum Gasteiger partial charge on any atom is 0.349 e. The molecule has 108 valence electrons. The average molecular weight is 311 g/mol. The Balaban J connectivity index is 2.21. The summed E-state index contributed by atoms with van der Waals surface area (Å²) in [6.45, 7) is 8.39. The Bertz CT molecular complexity index is 623. The zero-order chi connectivity index (χ0) is 14.9. The van der Waals surface area contributed by atoms with Crippen molar-refractivity contribution in [2.75, 3.05) is 0 Å². The minimum atomic E-state index is -0.949. The highest BCUT2D eigenvalue weighted by molar-refractivity contribution is 7.14. The molecule has 0 saturated carbocycles. The third kappa shape index (κ3) is 3.37. The van der Waals surface area contributed by atoms with Crippen molar-refractivity contribution >= 4 is 28.6 Å². The van der Waals surface area contributed by atoms with E-state index in [1.165, 1.54) is 11.3 Å². The summed E-state index contributed by atoms with van der Waals surface area (Å²) in [5.74, 6) is -0.520. The van der Waals surface area contributed by atoms with E-state index >= 15 is 0 Å². The van der Waals surface area contributed by atoms with Gasteiger partial charge in [0.2, 0.25) is 0 Å². The Morgan fingerprint density at radius 1 is 1.45 bits per heavy atom. The van der Waals surface area contributed by atoms with Gasteiger partial charge in [-0.05, 0) is 18.4 Å². The van der Waals surface area contributed by atoms with Crippen LogP contribution in [-0.4, -0.2) is 16.1 Å². The average Bonchev–Trinajstić information content (AvgIpc) is 2.91. The molecule has 0 aliphatic carbocycles. The number of carboxylic acid groups (broad SMARTS) is 1. The van der Waals surface area contributed by atoms with Gasteiger partial charge in [0.05, 0.1) is 10.7 Å². The summed E-state index contributed by atoms with van der Waals surface area (Å²) in [4.78, 5) is 16.9. The molecule has 0 unspecified atom stereocenters. The van der Waals surface area contributed by atoms with Gasteiger partial charge in [-0.15, -0.1) is 22.7 Å². The number of thiophene rings is 1. The van der Waals surface area contributed by atoms with E-state index in [2.05, 4.69) is 25.8 Å². The second kappa shape index (κ2) is 5.54. The van der Waals surface area contributed by atoms with E-state index in [9.17, 15) is 9.90 Å². The topological polar surface area (TPSA) is 59.4 Å². The van der Waals surface area contributed by atoms with Crippen molar-refractivity contribution in [2.24, 2.45) is 0 Å². The van der Waals surface area contributed by atoms with Gasteiger partial charge < -0.3 is 9.84 Å². The molecule has 0 radical (unpaired) electrons. The van der Waals surface area contributed by atoms with Crippen molar-refractivity contribution in [3.63, 3.8) is 0 Å². The highest BCUT2D eigenvalue weighted by Gasteiger charge is 2.23. The van der Waals surface area contributed by atoms with E-state index in [0.29, 0.717) is 12.4 Å². The molecule has 0 saturated heterocycles. The van der Waals surface area contributed by atoms with Crippen LogP contribution in [-0.2, 0) is 12.0 Å². The van der Waals surface area contributed by atoms with Gasteiger partial charge in [-0.25, -0.2) is 9.78 Å². The zero-order valence-electron chi connectivity index (χ0n) is 11.9. The van der Waals surface area contributed by atoms with Gasteiger partial charge >= 0.3 is 5.97 Å². The Labute approximate surface area is 126 Å². The van der Waals surface area contributed by atoms with Gasteiger partial charge in [-0.3, -0.25) is 0 Å². The molecule has 0 amide bonds. The summed E-state index contributed by atoms with van der Waals surface area (Å²) in [6.07, 6.45) is 0. The summed E-state index contributed by atoms with van der Waals surface area (Å²) in [5.41, 5.74) is 0.737. The standard InChI is InChI=1S/C14H17NO3S2/c1-8-15-9(7-19-8)6-18-10-5-11(14(2,3)4)20-12(10)13(16)17/h5,7H,6H2,1-4H3,(H,16,17). The number of carbonyl (C=O) groups is 1. The first-order valence-corrected chi connectivity index (χ1v) is 7.88. The number of aromatic carboxylic acids is 1. The van der Waals surface area contributed by atoms with Crippen LogP contribution in [0.1, 0.15) is 46.0 Å². The van der Waals surface area contributed by atoms with Gasteiger partial charge in [0.25, 0.3) is 0 Å². The fraction of sp³-hybridized carbons (Fsp3) is 0.429. The van der Waals surface area contributed by atoms with Crippen molar-refractivity contribution in [2.45, 2.75) is 39.7 Å². The molecular formula is C14H17NO3S2. The molecule has 2 heterocycles. The number of thiazole rings is 1. The first-order valence-electron chi connectivity index (χ1n) is 6.19. The van der Waals surface area contributed by atoms with E-state index in [1.54, 1.807) is 11.3 Å². The van der Waals surface area contributed by atoms with Crippen LogP contribution in [0.2, 0.25) is 0 Å². The number of hydrogen-bond donors (Lipinski definition) is 1. The summed E-state index contributed by atoms with van der Waals surface area (Å²) < 4.78 is 5.65. The highest BCUT2D eigenvalue weighted by atomic mass is 32.1. The highest BCUT2D eigenvalue weighted by Crippen LogP contribution is 2.37. The predicted octanol–water partition coefficient (Wildman–Crippen LogP) is 4.09. The molecule has 1 N–H and O–H groups in total. The molecule has 0 bridgehead atoms. The van der Waals surface area contributed by atoms with E-state index in [1.807, 2.05) is 18.4 Å². The molecule has 20 heavy (non-hydrogen) atoms. The number of ether oxygens (including phenoxy) is 1. The summed E-state index contributed by atoms with van der Waals surface area (Å²) in [6, 6.07) is 1.83. The van der Waals surface area contributed by atoms with Crippen molar-refractivity contribution in [1.29, 1.82) is 0 Å². The fourth-order valence-electron chi connectivity index (χ4n) is 1.63. The summed E-state index contributed by atoms with van der Waals surface area (Å²) in [7, 11) is 0. The summed E-state index contributed by atoms with van der Waals surface area (Å²) in [5, 5.41) is 12.2. The maximum absolute atomic E-state index is 11.3. The second-order valence-corrected chi connectivity index (χ2v) is 7.62. The molecule has 2 rings (SSSR count). The second-order valence-electron chi connectivity index (χ2n) is 5.51. The number of nitrogens with zero attached hydrogens (tertiary/aromatic N) is 1. The van der Waals surface area contributed by atoms with Crippen LogP contribution in [0.4, 0.5) is 0 Å². The van der Waals surface area contributed by atoms with Crippen molar-refractivity contribution < 1.29 is 14.6 Å². The van der Waals surface area contributed by atoms with E-state index in [4.69, 9.17) is 4.74 Å². The minimum absolute atomic E-state index is 0.0896. The lowest BCUT2D eigenvalue weighted by Gasteiger charge is -2.14. The number of aromatic nitrogens is 1. The molecule has 0 aromatic carbocycles. The quantitative estimate of drug-likeness (QED) is 0.924. The lowest BCUT2D eigenvalue weighted by molar-refractivity contribution is 0.0697. The van der Waals surface area contributed by atoms with Crippen molar-refractivity contribution in [3.8, 4) is 5.75 Å². The third-order valence-electron chi connectivity index (χ3n) is 2.67. The van der Waals surface area contributed by atoms with Crippen LogP contribution < -0.4 is 4.74 Å². The number of rotatable bonds is 4. The molecule has 0 fully saturated rings. The van der Waals surface area contributed by atoms with Gasteiger partial charge in [0, 0.05) is 10.3 Å².